The van der Waals surface area contributed by atoms with Crippen molar-refractivity contribution >= 4 is 33.2 Å². The highest BCUT2D eigenvalue weighted by Gasteiger charge is 2.28. The van der Waals surface area contributed by atoms with Crippen molar-refractivity contribution in [3.8, 4) is 5.69 Å². The Labute approximate surface area is 189 Å². The van der Waals surface area contributed by atoms with Gasteiger partial charge in [0, 0.05) is 24.8 Å². The number of halogens is 1. The van der Waals surface area contributed by atoms with Crippen molar-refractivity contribution in [1.29, 1.82) is 0 Å². The van der Waals surface area contributed by atoms with Crippen LogP contribution in [0.1, 0.15) is 10.5 Å². The van der Waals surface area contributed by atoms with Crippen LogP contribution in [-0.4, -0.2) is 54.7 Å². The molecule has 0 saturated carbocycles. The number of rotatable bonds is 5. The van der Waals surface area contributed by atoms with Gasteiger partial charge in [0.05, 0.1) is 23.9 Å². The van der Waals surface area contributed by atoms with E-state index >= 15 is 0 Å². The molecule has 9 nitrogen and oxygen atoms in total. The molecule has 0 aliphatic carbocycles. The zero-order valence-electron chi connectivity index (χ0n) is 16.8. The summed E-state index contributed by atoms with van der Waals surface area (Å²) in [6, 6.07) is 15.4. The third-order valence-corrected chi connectivity index (χ3v) is 7.19. The van der Waals surface area contributed by atoms with Gasteiger partial charge in [0.25, 0.3) is 11.5 Å². The molecule has 0 radical (unpaired) electrons. The first-order chi connectivity index (χ1) is 15.4. The number of para-hydroxylation sites is 1. The van der Waals surface area contributed by atoms with Crippen LogP contribution in [0.4, 0.5) is 5.69 Å². The third-order valence-electron chi connectivity index (χ3n) is 4.81. The lowest BCUT2D eigenvalue weighted by molar-refractivity contribution is 0.0730. The number of benzene rings is 2. The van der Waals surface area contributed by atoms with Crippen LogP contribution in [0.2, 0.25) is 5.02 Å². The van der Waals surface area contributed by atoms with Gasteiger partial charge < -0.3 is 10.1 Å². The van der Waals surface area contributed by atoms with Gasteiger partial charge in [-0.1, -0.05) is 29.8 Å². The van der Waals surface area contributed by atoms with Crippen LogP contribution < -0.4 is 10.9 Å². The molecule has 1 amide bonds. The molecule has 0 bridgehead atoms. The Kier molecular flexibility index (Phi) is 6.38. The maximum absolute atomic E-state index is 13.0. The smallest absolute Gasteiger partial charge is 0.276 e. The molecule has 2 heterocycles. The highest BCUT2D eigenvalue weighted by molar-refractivity contribution is 7.89. The van der Waals surface area contributed by atoms with E-state index in [9.17, 15) is 18.0 Å². The van der Waals surface area contributed by atoms with Crippen molar-refractivity contribution in [3.63, 3.8) is 0 Å². The second kappa shape index (κ2) is 9.21. The average molecular weight is 475 g/mol. The van der Waals surface area contributed by atoms with Crippen molar-refractivity contribution in [1.82, 2.24) is 14.1 Å². The van der Waals surface area contributed by atoms with Gasteiger partial charge in [-0.15, -0.1) is 0 Å². The monoisotopic (exact) mass is 474 g/mol. The molecule has 2 aromatic carbocycles. The molecule has 11 heteroatoms. The molecule has 0 unspecified atom stereocenters. The van der Waals surface area contributed by atoms with E-state index in [1.54, 1.807) is 30.3 Å². The first-order valence-electron chi connectivity index (χ1n) is 9.71. The fraction of sp³-hybridized carbons (Fsp3) is 0.190. The Morgan fingerprint density at radius 2 is 1.75 bits per heavy atom. The number of aromatic nitrogens is 2. The number of hydrogen-bond acceptors (Lipinski definition) is 6. The van der Waals surface area contributed by atoms with E-state index in [1.807, 2.05) is 0 Å². The van der Waals surface area contributed by atoms with Crippen molar-refractivity contribution in [3.05, 3.63) is 81.7 Å². The zero-order chi connectivity index (χ0) is 22.7. The molecule has 1 aromatic heterocycles. The number of anilines is 1. The van der Waals surface area contributed by atoms with E-state index in [2.05, 4.69) is 10.4 Å². The van der Waals surface area contributed by atoms with Gasteiger partial charge in [-0.2, -0.15) is 14.1 Å². The summed E-state index contributed by atoms with van der Waals surface area (Å²) in [7, 11) is -3.85. The van der Waals surface area contributed by atoms with Crippen LogP contribution in [-0.2, 0) is 14.8 Å². The van der Waals surface area contributed by atoms with Gasteiger partial charge in [-0.3, -0.25) is 9.59 Å². The highest BCUT2D eigenvalue weighted by atomic mass is 35.5. The summed E-state index contributed by atoms with van der Waals surface area (Å²) in [5, 5.41) is 6.79. The zero-order valence-corrected chi connectivity index (χ0v) is 18.3. The Bertz CT molecular complexity index is 1310. The Hall–Kier alpha value is -3.05. The summed E-state index contributed by atoms with van der Waals surface area (Å²) in [6.07, 6.45) is 0. The van der Waals surface area contributed by atoms with Gasteiger partial charge in [0.15, 0.2) is 0 Å². The molecule has 1 N–H and O–H groups in total. The number of amides is 1. The van der Waals surface area contributed by atoms with Crippen molar-refractivity contribution in [2.75, 3.05) is 31.6 Å². The number of morpholine rings is 1. The minimum atomic E-state index is -3.85. The second-order valence-corrected chi connectivity index (χ2v) is 9.23. The first-order valence-corrected chi connectivity index (χ1v) is 11.5. The first kappa shape index (κ1) is 22.2. The summed E-state index contributed by atoms with van der Waals surface area (Å²) in [4.78, 5) is 24.8. The van der Waals surface area contributed by atoms with Crippen LogP contribution in [0.5, 0.6) is 0 Å². The van der Waals surface area contributed by atoms with Crippen LogP contribution in [0.3, 0.4) is 0 Å². The minimum absolute atomic E-state index is 0.0130. The molecule has 1 aliphatic heterocycles. The summed E-state index contributed by atoms with van der Waals surface area (Å²) in [5.74, 6) is -0.605. The van der Waals surface area contributed by atoms with E-state index in [0.29, 0.717) is 18.9 Å². The summed E-state index contributed by atoms with van der Waals surface area (Å²) < 4.78 is 33.6. The Morgan fingerprint density at radius 1 is 1.03 bits per heavy atom. The Morgan fingerprint density at radius 3 is 2.47 bits per heavy atom. The van der Waals surface area contributed by atoms with E-state index in [-0.39, 0.29) is 34.4 Å². The lowest BCUT2D eigenvalue weighted by Gasteiger charge is -2.26. The number of nitrogens with one attached hydrogen (secondary N) is 1. The topological polar surface area (TPSA) is 111 Å². The second-order valence-electron chi connectivity index (χ2n) is 6.92. The molecule has 1 saturated heterocycles. The SMILES string of the molecule is O=C(Nc1ccc(Cl)c(S(=O)(=O)N2CCOCC2)c1)c1ccc(=O)n(-c2ccccc2)n1. The van der Waals surface area contributed by atoms with Crippen molar-refractivity contribution in [2.24, 2.45) is 0 Å². The molecule has 166 valence electrons. The van der Waals surface area contributed by atoms with Gasteiger partial charge in [-0.05, 0) is 36.4 Å². The quantitative estimate of drug-likeness (QED) is 0.606. The molecule has 1 aliphatic rings. The van der Waals surface area contributed by atoms with Gasteiger partial charge in [0.1, 0.15) is 10.6 Å². The average Bonchev–Trinajstić information content (AvgIpc) is 2.81. The summed E-state index contributed by atoms with van der Waals surface area (Å²) >= 11 is 6.16. The minimum Gasteiger partial charge on any atom is -0.379 e. The fourth-order valence-electron chi connectivity index (χ4n) is 3.19. The van der Waals surface area contributed by atoms with Crippen molar-refractivity contribution < 1.29 is 17.9 Å². The summed E-state index contributed by atoms with van der Waals surface area (Å²) in [6.45, 7) is 1.05. The molecule has 1 fully saturated rings. The molecule has 4 rings (SSSR count). The predicted octanol–water partition coefficient (Wildman–Crippen LogP) is 2.16. The van der Waals surface area contributed by atoms with Crippen LogP contribution in [0.15, 0.2) is 70.4 Å². The van der Waals surface area contributed by atoms with Gasteiger partial charge in [0.2, 0.25) is 10.0 Å². The number of hydrogen-bond donors (Lipinski definition) is 1. The lowest BCUT2D eigenvalue weighted by Crippen LogP contribution is -2.40. The van der Waals surface area contributed by atoms with E-state index < -0.39 is 21.5 Å². The lowest BCUT2D eigenvalue weighted by atomic mass is 10.3. The van der Waals surface area contributed by atoms with Gasteiger partial charge in [-0.25, -0.2) is 8.42 Å². The number of ether oxygens (including phenoxy) is 1. The van der Waals surface area contributed by atoms with E-state index in [0.717, 1.165) is 4.68 Å². The third kappa shape index (κ3) is 4.58. The maximum Gasteiger partial charge on any atom is 0.276 e. The van der Waals surface area contributed by atoms with Gasteiger partial charge >= 0.3 is 0 Å². The number of nitrogens with zero attached hydrogens (tertiary/aromatic N) is 3. The predicted molar refractivity (Wildman–Crippen MR) is 119 cm³/mol. The van der Waals surface area contributed by atoms with Crippen LogP contribution in [0, 0.1) is 0 Å². The molecule has 0 atom stereocenters. The van der Waals surface area contributed by atoms with E-state index in [4.69, 9.17) is 16.3 Å². The molecular formula is C21H19ClN4O5S. The highest BCUT2D eigenvalue weighted by Crippen LogP contribution is 2.28. The number of carbonyl (C=O) groups is 1. The molecule has 32 heavy (non-hydrogen) atoms. The molecule has 0 spiro atoms. The molecular weight excluding hydrogens is 456 g/mol. The fourth-order valence-corrected chi connectivity index (χ4v) is 5.09. The Balaban J connectivity index is 1.61. The maximum atomic E-state index is 13.0. The number of sulfonamides is 1. The summed E-state index contributed by atoms with van der Waals surface area (Å²) in [5.41, 5.74) is 0.335. The standard InChI is InChI=1S/C21H19ClN4O5S/c22-17-7-6-15(14-19(17)32(29,30)25-10-12-31-13-11-25)23-21(28)18-8-9-20(27)26(24-18)16-4-2-1-3-5-16/h1-9,14H,10-13H2,(H,23,28). The van der Waals surface area contributed by atoms with Crippen molar-refractivity contribution in [2.45, 2.75) is 4.90 Å². The largest absolute Gasteiger partial charge is 0.379 e. The van der Waals surface area contributed by atoms with E-state index in [1.165, 1.54) is 34.6 Å². The van der Waals surface area contributed by atoms with Crippen LogP contribution in [0.25, 0.3) is 5.69 Å². The number of carbonyl (C=O) groups excluding carboxylic acids is 1. The normalized spacial score (nSPS) is 14.8. The molecule has 3 aromatic rings. The van der Waals surface area contributed by atoms with Crippen LogP contribution >= 0.6 is 11.6 Å².